The second kappa shape index (κ2) is 12.1. The van der Waals surface area contributed by atoms with E-state index in [0.717, 1.165) is 5.56 Å². The molecule has 0 heterocycles. The van der Waals surface area contributed by atoms with Crippen molar-refractivity contribution in [3.8, 4) is 11.5 Å². The summed E-state index contributed by atoms with van der Waals surface area (Å²) in [4.78, 5) is 25.6. The molecule has 1 amide bonds. The number of hydrogen-bond acceptors (Lipinski definition) is 7. The fourth-order valence-corrected chi connectivity index (χ4v) is 3.12. The molecule has 2 rings (SSSR count). The first-order valence-electron chi connectivity index (χ1n) is 10.6. The Morgan fingerprint density at radius 3 is 2.44 bits per heavy atom. The van der Waals surface area contributed by atoms with E-state index < -0.39 is 12.1 Å². The number of nitrogens with zero attached hydrogens (tertiary/aromatic N) is 1. The van der Waals surface area contributed by atoms with Gasteiger partial charge in [-0.3, -0.25) is 4.79 Å². The van der Waals surface area contributed by atoms with Crippen molar-refractivity contribution in [3.63, 3.8) is 0 Å². The number of phenolic OH excluding ortho intramolecular Hbond substituents is 1. The molecule has 0 saturated heterocycles. The predicted molar refractivity (Wildman–Crippen MR) is 121 cm³/mol. The lowest BCUT2D eigenvalue weighted by Gasteiger charge is -2.21. The maximum atomic E-state index is 12.6. The molecule has 0 aliphatic carbocycles. The van der Waals surface area contributed by atoms with Gasteiger partial charge in [0.05, 0.1) is 18.3 Å². The van der Waals surface area contributed by atoms with E-state index in [0.29, 0.717) is 29.8 Å². The van der Waals surface area contributed by atoms with Crippen LogP contribution in [-0.2, 0) is 16.0 Å². The second-order valence-electron chi connectivity index (χ2n) is 7.65. The topological polar surface area (TPSA) is 108 Å². The van der Waals surface area contributed by atoms with Crippen LogP contribution in [0.15, 0.2) is 42.5 Å². The third-order valence-corrected chi connectivity index (χ3v) is 4.92. The molecule has 0 unspecified atom stereocenters. The zero-order valence-electron chi connectivity index (χ0n) is 19.0. The molecule has 3 N–H and O–H groups in total. The fraction of sp³-hybridized carbons (Fsp3) is 0.417. The molecular weight excluding hydrogens is 412 g/mol. The van der Waals surface area contributed by atoms with E-state index in [9.17, 15) is 19.8 Å². The smallest absolute Gasteiger partial charge is 0.344 e. The van der Waals surface area contributed by atoms with Crippen molar-refractivity contribution in [3.05, 3.63) is 59.2 Å². The van der Waals surface area contributed by atoms with Crippen molar-refractivity contribution in [1.82, 2.24) is 10.2 Å². The Hall–Kier alpha value is -3.10. The summed E-state index contributed by atoms with van der Waals surface area (Å²) in [5.74, 6) is -0.246. The summed E-state index contributed by atoms with van der Waals surface area (Å²) in [6.07, 6.45) is -0.0986. The largest absolute Gasteiger partial charge is 0.508 e. The van der Waals surface area contributed by atoms with Crippen molar-refractivity contribution in [2.75, 3.05) is 33.9 Å². The Kier molecular flexibility index (Phi) is 9.49. The Labute approximate surface area is 188 Å². The first kappa shape index (κ1) is 25.2. The minimum absolute atomic E-state index is 0.152. The van der Waals surface area contributed by atoms with Crippen molar-refractivity contribution in [1.29, 1.82) is 0 Å². The Bertz CT molecular complexity index is 898. The van der Waals surface area contributed by atoms with Crippen LogP contribution in [-0.4, -0.2) is 66.9 Å². The highest BCUT2D eigenvalue weighted by Crippen LogP contribution is 2.23. The van der Waals surface area contributed by atoms with Crippen molar-refractivity contribution in [2.45, 2.75) is 32.4 Å². The van der Waals surface area contributed by atoms with Gasteiger partial charge in [-0.2, -0.15) is 0 Å². The highest BCUT2D eigenvalue weighted by molar-refractivity contribution is 5.97. The maximum absolute atomic E-state index is 12.6. The first-order valence-corrected chi connectivity index (χ1v) is 10.6. The highest BCUT2D eigenvalue weighted by atomic mass is 16.6. The monoisotopic (exact) mass is 444 g/mol. The molecule has 0 saturated carbocycles. The number of carbonyl (C=O) groups is 2. The summed E-state index contributed by atoms with van der Waals surface area (Å²) in [5, 5.41) is 23.2. The normalized spacial score (nSPS) is 12.7. The Balaban J connectivity index is 2.01. The lowest BCUT2D eigenvalue weighted by Crippen LogP contribution is -2.33. The van der Waals surface area contributed by atoms with E-state index in [1.807, 2.05) is 13.0 Å². The van der Waals surface area contributed by atoms with Gasteiger partial charge >= 0.3 is 5.97 Å². The molecule has 8 heteroatoms. The highest BCUT2D eigenvalue weighted by Gasteiger charge is 2.18. The van der Waals surface area contributed by atoms with Crippen LogP contribution in [0, 0.1) is 0 Å². The van der Waals surface area contributed by atoms with Gasteiger partial charge < -0.3 is 29.9 Å². The molecule has 0 bridgehead atoms. The molecule has 2 aromatic rings. The molecule has 2 atom stereocenters. The number of benzene rings is 2. The molecule has 0 aliphatic rings. The molecule has 0 aromatic heterocycles. The summed E-state index contributed by atoms with van der Waals surface area (Å²) in [7, 11) is 3.30. The zero-order chi connectivity index (χ0) is 23.7. The van der Waals surface area contributed by atoms with Crippen LogP contribution in [0.4, 0.5) is 0 Å². The van der Waals surface area contributed by atoms with Gasteiger partial charge in [-0.25, -0.2) is 4.79 Å². The summed E-state index contributed by atoms with van der Waals surface area (Å²) in [6, 6.07) is 11.5. The van der Waals surface area contributed by atoms with Gasteiger partial charge in [0, 0.05) is 20.1 Å². The van der Waals surface area contributed by atoms with E-state index in [-0.39, 0.29) is 30.9 Å². The lowest BCUT2D eigenvalue weighted by molar-refractivity contribution is -0.145. The Morgan fingerprint density at radius 2 is 1.81 bits per heavy atom. The molecule has 0 aliphatic heterocycles. The van der Waals surface area contributed by atoms with Crippen molar-refractivity contribution in [2.24, 2.45) is 0 Å². The predicted octanol–water partition coefficient (Wildman–Crippen LogP) is 2.29. The first-order chi connectivity index (χ1) is 15.2. The van der Waals surface area contributed by atoms with Crippen LogP contribution >= 0.6 is 0 Å². The molecule has 174 valence electrons. The summed E-state index contributed by atoms with van der Waals surface area (Å²) in [5.41, 5.74) is 2.00. The molecular formula is C24H32N2O6. The minimum Gasteiger partial charge on any atom is -0.508 e. The number of amides is 1. The number of esters is 1. The van der Waals surface area contributed by atoms with E-state index in [2.05, 4.69) is 5.32 Å². The fourth-order valence-electron chi connectivity index (χ4n) is 3.12. The number of hydrogen-bond donors (Lipinski definition) is 3. The average Bonchev–Trinajstić information content (AvgIpc) is 2.77. The van der Waals surface area contributed by atoms with Gasteiger partial charge in [0.15, 0.2) is 6.61 Å². The number of aliphatic hydroxyl groups is 1. The van der Waals surface area contributed by atoms with Gasteiger partial charge in [-0.15, -0.1) is 0 Å². The van der Waals surface area contributed by atoms with Crippen molar-refractivity contribution < 1.29 is 29.3 Å². The standard InChI is InChI=1S/C24H32N2O6/c1-5-31-22(28)15-32-21-11-6-17(14-20(21)24(30)26(3)4)12-13-25-16(2)23(29)18-7-9-19(27)10-8-18/h6-11,14,16,23,25,27,29H,5,12-13,15H2,1-4H3/t16-,23+/m0/s1. The van der Waals surface area contributed by atoms with Crippen LogP contribution in [0.5, 0.6) is 11.5 Å². The molecule has 0 fully saturated rings. The third kappa shape index (κ3) is 7.25. The van der Waals surface area contributed by atoms with E-state index >= 15 is 0 Å². The van der Waals surface area contributed by atoms with E-state index in [4.69, 9.17) is 9.47 Å². The molecule has 8 nitrogen and oxygen atoms in total. The van der Waals surface area contributed by atoms with Crippen LogP contribution in [0.3, 0.4) is 0 Å². The number of phenols is 1. The summed E-state index contributed by atoms with van der Waals surface area (Å²) >= 11 is 0. The van der Waals surface area contributed by atoms with Crippen molar-refractivity contribution >= 4 is 11.9 Å². The molecule has 0 spiro atoms. The zero-order valence-corrected chi connectivity index (χ0v) is 19.0. The second-order valence-corrected chi connectivity index (χ2v) is 7.65. The number of carbonyl (C=O) groups excluding carboxylic acids is 2. The summed E-state index contributed by atoms with van der Waals surface area (Å²) in [6.45, 7) is 4.17. The third-order valence-electron chi connectivity index (χ3n) is 4.92. The number of ether oxygens (including phenoxy) is 2. The number of nitrogens with one attached hydrogen (secondary N) is 1. The number of aliphatic hydroxyl groups excluding tert-OH is 1. The van der Waals surface area contributed by atoms with Crippen LogP contribution < -0.4 is 10.1 Å². The molecule has 0 radical (unpaired) electrons. The Morgan fingerprint density at radius 1 is 1.12 bits per heavy atom. The van der Waals surface area contributed by atoms with Gasteiger partial charge in [0.1, 0.15) is 11.5 Å². The number of aromatic hydroxyl groups is 1. The van der Waals surface area contributed by atoms with Gasteiger partial charge in [-0.05, 0) is 62.2 Å². The summed E-state index contributed by atoms with van der Waals surface area (Å²) < 4.78 is 10.4. The molecule has 2 aromatic carbocycles. The SMILES string of the molecule is CCOC(=O)COc1ccc(CCN[C@@H](C)[C@@H](O)c2ccc(O)cc2)cc1C(=O)N(C)C. The number of rotatable bonds is 11. The van der Waals surface area contributed by atoms with Crippen LogP contribution in [0.1, 0.15) is 41.4 Å². The lowest BCUT2D eigenvalue weighted by atomic mass is 10.0. The average molecular weight is 445 g/mol. The van der Waals surface area contributed by atoms with Gasteiger partial charge in [0.25, 0.3) is 5.91 Å². The van der Waals surface area contributed by atoms with Gasteiger partial charge in [0.2, 0.25) is 0 Å². The van der Waals surface area contributed by atoms with E-state index in [1.54, 1.807) is 57.4 Å². The molecule has 32 heavy (non-hydrogen) atoms. The van der Waals surface area contributed by atoms with E-state index in [1.165, 1.54) is 4.90 Å². The van der Waals surface area contributed by atoms with Gasteiger partial charge in [-0.1, -0.05) is 18.2 Å². The van der Waals surface area contributed by atoms with Crippen LogP contribution in [0.2, 0.25) is 0 Å². The minimum atomic E-state index is -0.722. The maximum Gasteiger partial charge on any atom is 0.344 e. The van der Waals surface area contributed by atoms with Crippen LogP contribution in [0.25, 0.3) is 0 Å². The quantitative estimate of drug-likeness (QED) is 0.456.